The van der Waals surface area contributed by atoms with Crippen LogP contribution >= 0.6 is 15.9 Å². The zero-order valence-electron chi connectivity index (χ0n) is 9.49. The molecule has 1 aliphatic carbocycles. The molecule has 1 fully saturated rings. The Morgan fingerprint density at radius 3 is 3.06 bits per heavy atom. The number of hydrogen-bond donors (Lipinski definition) is 1. The van der Waals surface area contributed by atoms with Gasteiger partial charge in [-0.25, -0.2) is 9.97 Å². The predicted molar refractivity (Wildman–Crippen MR) is 73.1 cm³/mol. The molecule has 3 rings (SSSR count). The van der Waals surface area contributed by atoms with Crippen LogP contribution in [0, 0.1) is 5.92 Å². The Morgan fingerprint density at radius 2 is 2.24 bits per heavy atom. The molecule has 0 aliphatic heterocycles. The second-order valence-corrected chi connectivity index (χ2v) is 5.38. The van der Waals surface area contributed by atoms with E-state index in [0.29, 0.717) is 0 Å². The Balaban J connectivity index is 1.76. The summed E-state index contributed by atoms with van der Waals surface area (Å²) in [6.07, 6.45) is 5.90. The zero-order valence-corrected chi connectivity index (χ0v) is 11.1. The van der Waals surface area contributed by atoms with E-state index in [-0.39, 0.29) is 0 Å². The average molecular weight is 292 g/mol. The Kier molecular flexibility index (Phi) is 2.97. The summed E-state index contributed by atoms with van der Waals surface area (Å²) in [6, 6.07) is 6.01. The maximum atomic E-state index is 4.50. The molecular formula is C13H14BrN3. The number of fused-ring (bicyclic) bond motifs is 1. The van der Waals surface area contributed by atoms with Gasteiger partial charge in [-0.1, -0.05) is 34.8 Å². The number of anilines is 1. The van der Waals surface area contributed by atoms with Crippen LogP contribution in [0.4, 0.5) is 5.95 Å². The van der Waals surface area contributed by atoms with Gasteiger partial charge >= 0.3 is 0 Å². The van der Waals surface area contributed by atoms with Crippen molar-refractivity contribution in [3.05, 3.63) is 28.9 Å². The molecule has 0 amide bonds. The van der Waals surface area contributed by atoms with E-state index in [1.807, 2.05) is 24.4 Å². The van der Waals surface area contributed by atoms with Gasteiger partial charge in [-0.3, -0.25) is 0 Å². The van der Waals surface area contributed by atoms with Crippen LogP contribution in [0.5, 0.6) is 0 Å². The number of halogens is 1. The standard InChI is InChI=1S/C13H14BrN3/c14-11-2-1-3-12-10(11)8-16-13(17-12)15-7-6-9-4-5-9/h1-3,8-9H,4-7H2,(H,15,16,17). The van der Waals surface area contributed by atoms with Gasteiger partial charge in [0.25, 0.3) is 0 Å². The van der Waals surface area contributed by atoms with E-state index in [2.05, 4.69) is 31.2 Å². The molecule has 1 heterocycles. The van der Waals surface area contributed by atoms with Crippen LogP contribution in [-0.2, 0) is 0 Å². The van der Waals surface area contributed by atoms with Gasteiger partial charge in [0.15, 0.2) is 0 Å². The van der Waals surface area contributed by atoms with Gasteiger partial charge in [-0.15, -0.1) is 0 Å². The summed E-state index contributed by atoms with van der Waals surface area (Å²) in [5, 5.41) is 4.35. The first-order valence-electron chi connectivity index (χ1n) is 5.98. The second-order valence-electron chi connectivity index (χ2n) is 4.53. The highest BCUT2D eigenvalue weighted by molar-refractivity contribution is 9.10. The van der Waals surface area contributed by atoms with Crippen LogP contribution in [0.1, 0.15) is 19.3 Å². The van der Waals surface area contributed by atoms with Gasteiger partial charge in [-0.2, -0.15) is 0 Å². The molecule has 17 heavy (non-hydrogen) atoms. The molecule has 88 valence electrons. The molecule has 0 spiro atoms. The molecule has 0 saturated heterocycles. The zero-order chi connectivity index (χ0) is 11.7. The lowest BCUT2D eigenvalue weighted by atomic mass is 10.2. The van der Waals surface area contributed by atoms with Crippen molar-refractivity contribution in [1.29, 1.82) is 0 Å². The highest BCUT2D eigenvalue weighted by Crippen LogP contribution is 2.32. The number of nitrogens with zero attached hydrogens (tertiary/aromatic N) is 2. The first kappa shape index (κ1) is 11.0. The Labute approximate surface area is 109 Å². The van der Waals surface area contributed by atoms with Crippen molar-refractivity contribution >= 4 is 32.8 Å². The van der Waals surface area contributed by atoms with Crippen LogP contribution in [0.2, 0.25) is 0 Å². The third-order valence-corrected chi connectivity index (χ3v) is 3.80. The molecule has 0 radical (unpaired) electrons. The Bertz CT molecular complexity index is 537. The van der Waals surface area contributed by atoms with Crippen molar-refractivity contribution in [2.24, 2.45) is 5.92 Å². The van der Waals surface area contributed by atoms with E-state index in [4.69, 9.17) is 0 Å². The molecule has 1 aromatic heterocycles. The van der Waals surface area contributed by atoms with E-state index >= 15 is 0 Å². The van der Waals surface area contributed by atoms with Gasteiger partial charge in [0, 0.05) is 22.6 Å². The molecule has 2 aromatic rings. The number of hydrogen-bond acceptors (Lipinski definition) is 3. The molecule has 0 unspecified atom stereocenters. The highest BCUT2D eigenvalue weighted by atomic mass is 79.9. The van der Waals surface area contributed by atoms with E-state index in [0.717, 1.165) is 33.8 Å². The Hall–Kier alpha value is -1.16. The maximum absolute atomic E-state index is 4.50. The van der Waals surface area contributed by atoms with Gasteiger partial charge in [0.05, 0.1) is 5.52 Å². The topological polar surface area (TPSA) is 37.8 Å². The Morgan fingerprint density at radius 1 is 1.35 bits per heavy atom. The lowest BCUT2D eigenvalue weighted by molar-refractivity contribution is 0.756. The highest BCUT2D eigenvalue weighted by Gasteiger charge is 2.20. The van der Waals surface area contributed by atoms with Crippen LogP contribution in [0.25, 0.3) is 10.9 Å². The normalized spacial score (nSPS) is 15.1. The molecular weight excluding hydrogens is 278 g/mol. The minimum atomic E-state index is 0.733. The molecule has 1 aromatic carbocycles. The number of benzene rings is 1. The maximum Gasteiger partial charge on any atom is 0.223 e. The van der Waals surface area contributed by atoms with E-state index < -0.39 is 0 Å². The first-order chi connectivity index (χ1) is 8.33. The van der Waals surface area contributed by atoms with E-state index in [9.17, 15) is 0 Å². The third-order valence-electron chi connectivity index (χ3n) is 3.10. The summed E-state index contributed by atoms with van der Waals surface area (Å²) in [7, 11) is 0. The number of nitrogens with one attached hydrogen (secondary N) is 1. The molecule has 4 heteroatoms. The van der Waals surface area contributed by atoms with Crippen molar-refractivity contribution in [3.8, 4) is 0 Å². The van der Waals surface area contributed by atoms with Crippen molar-refractivity contribution in [2.75, 3.05) is 11.9 Å². The summed E-state index contributed by atoms with van der Waals surface area (Å²) in [5.41, 5.74) is 0.975. The minimum Gasteiger partial charge on any atom is -0.354 e. The molecule has 1 aliphatic rings. The van der Waals surface area contributed by atoms with Gasteiger partial charge in [0.1, 0.15) is 0 Å². The fraction of sp³-hybridized carbons (Fsp3) is 0.385. The summed E-state index contributed by atoms with van der Waals surface area (Å²) in [5.74, 6) is 1.67. The van der Waals surface area contributed by atoms with Gasteiger partial charge < -0.3 is 5.32 Å². The van der Waals surface area contributed by atoms with Crippen molar-refractivity contribution in [2.45, 2.75) is 19.3 Å². The second kappa shape index (κ2) is 4.61. The van der Waals surface area contributed by atoms with Crippen molar-refractivity contribution in [1.82, 2.24) is 9.97 Å². The van der Waals surface area contributed by atoms with E-state index in [1.54, 1.807) is 0 Å². The van der Waals surface area contributed by atoms with Gasteiger partial charge in [-0.05, 0) is 24.5 Å². The number of aromatic nitrogens is 2. The van der Waals surface area contributed by atoms with Crippen molar-refractivity contribution in [3.63, 3.8) is 0 Å². The monoisotopic (exact) mass is 291 g/mol. The largest absolute Gasteiger partial charge is 0.354 e. The SMILES string of the molecule is Brc1cccc2nc(NCCC3CC3)ncc12. The first-order valence-corrected chi connectivity index (χ1v) is 6.77. The average Bonchev–Trinajstić information content (AvgIpc) is 3.13. The molecule has 0 bridgehead atoms. The third kappa shape index (κ3) is 2.57. The molecule has 1 saturated carbocycles. The molecule has 0 atom stereocenters. The molecule has 3 nitrogen and oxygen atoms in total. The van der Waals surface area contributed by atoms with Crippen LogP contribution in [0.3, 0.4) is 0 Å². The lowest BCUT2D eigenvalue weighted by Gasteiger charge is -2.05. The van der Waals surface area contributed by atoms with E-state index in [1.165, 1.54) is 19.3 Å². The summed E-state index contributed by atoms with van der Waals surface area (Å²) >= 11 is 3.50. The molecule has 1 N–H and O–H groups in total. The van der Waals surface area contributed by atoms with Crippen molar-refractivity contribution < 1.29 is 0 Å². The lowest BCUT2D eigenvalue weighted by Crippen LogP contribution is -2.05. The predicted octanol–water partition coefficient (Wildman–Crippen LogP) is 3.60. The summed E-state index contributed by atoms with van der Waals surface area (Å²) < 4.78 is 1.04. The smallest absolute Gasteiger partial charge is 0.223 e. The number of rotatable bonds is 4. The summed E-state index contributed by atoms with van der Waals surface area (Å²) in [4.78, 5) is 8.83. The van der Waals surface area contributed by atoms with Crippen LogP contribution in [0.15, 0.2) is 28.9 Å². The quantitative estimate of drug-likeness (QED) is 0.935. The minimum absolute atomic E-state index is 0.733. The fourth-order valence-corrected chi connectivity index (χ4v) is 2.36. The van der Waals surface area contributed by atoms with Gasteiger partial charge in [0.2, 0.25) is 5.95 Å². The fourth-order valence-electron chi connectivity index (χ4n) is 1.90. The summed E-state index contributed by atoms with van der Waals surface area (Å²) in [6.45, 7) is 0.976. The van der Waals surface area contributed by atoms with Crippen LogP contribution < -0.4 is 5.32 Å². The van der Waals surface area contributed by atoms with Crippen LogP contribution in [-0.4, -0.2) is 16.5 Å².